The Bertz CT molecular complexity index is 911. The smallest absolute Gasteiger partial charge is 0.225 e. The van der Waals surface area contributed by atoms with Gasteiger partial charge in [-0.15, -0.1) is 0 Å². The first-order valence-corrected chi connectivity index (χ1v) is 8.44. The second-order valence-electron chi connectivity index (χ2n) is 6.02. The van der Waals surface area contributed by atoms with Gasteiger partial charge in [0, 0.05) is 42.2 Å². The molecule has 140 valence electrons. The summed E-state index contributed by atoms with van der Waals surface area (Å²) >= 11 is 0. The molecule has 27 heavy (non-hydrogen) atoms. The summed E-state index contributed by atoms with van der Waals surface area (Å²) in [7, 11) is 0. The fourth-order valence-electron chi connectivity index (χ4n) is 2.36. The van der Waals surface area contributed by atoms with Gasteiger partial charge in [0.05, 0.1) is 5.69 Å². The van der Waals surface area contributed by atoms with Crippen molar-refractivity contribution in [1.82, 2.24) is 15.0 Å². The Morgan fingerprint density at radius 1 is 1.00 bits per heavy atom. The normalized spacial score (nSPS) is 11.9. The Hall–Kier alpha value is -3.16. The number of halogens is 3. The molecular weight excluding hydrogens is 355 g/mol. The molecular formula is C19H18F3N5. The third-order valence-electron chi connectivity index (χ3n) is 3.95. The molecule has 0 saturated carbocycles. The summed E-state index contributed by atoms with van der Waals surface area (Å²) in [6.07, 6.45) is 4.07. The van der Waals surface area contributed by atoms with E-state index < -0.39 is 23.1 Å². The topological polar surface area (TPSA) is 62.7 Å². The highest BCUT2D eigenvalue weighted by atomic mass is 19.1. The van der Waals surface area contributed by atoms with Gasteiger partial charge >= 0.3 is 0 Å². The van der Waals surface area contributed by atoms with Crippen molar-refractivity contribution in [2.24, 2.45) is 0 Å². The van der Waals surface area contributed by atoms with E-state index in [-0.39, 0.29) is 11.9 Å². The van der Waals surface area contributed by atoms with Crippen molar-refractivity contribution in [3.63, 3.8) is 0 Å². The largest absolute Gasteiger partial charge is 0.352 e. The molecule has 0 fully saturated rings. The van der Waals surface area contributed by atoms with E-state index in [4.69, 9.17) is 0 Å². The molecule has 0 bridgehead atoms. The summed E-state index contributed by atoms with van der Waals surface area (Å²) in [5.41, 5.74) is 0.830. The van der Waals surface area contributed by atoms with Crippen LogP contribution in [0.5, 0.6) is 0 Å². The highest BCUT2D eigenvalue weighted by Crippen LogP contribution is 2.27. The standard InChI is InChI=1S/C19H18F3N5/c1-3-11(2)24-19-25-16(12-4-6-23-7-5-12)10-17(27-19)26-18-14(21)8-13(20)9-15(18)22/h4-11H,3H2,1-2H3,(H2,24,25,26,27)/t11-/m1/s1. The Kier molecular flexibility index (Phi) is 5.54. The van der Waals surface area contributed by atoms with Gasteiger partial charge in [-0.25, -0.2) is 18.2 Å². The molecule has 3 rings (SSSR count). The molecule has 0 aliphatic heterocycles. The van der Waals surface area contributed by atoms with Crippen LogP contribution in [-0.4, -0.2) is 21.0 Å². The van der Waals surface area contributed by atoms with E-state index in [0.717, 1.165) is 12.0 Å². The number of rotatable bonds is 6. The lowest BCUT2D eigenvalue weighted by Crippen LogP contribution is -2.16. The lowest BCUT2D eigenvalue weighted by molar-refractivity contribution is 0.548. The van der Waals surface area contributed by atoms with Crippen LogP contribution in [0.2, 0.25) is 0 Å². The molecule has 2 heterocycles. The Labute approximate surface area is 154 Å². The molecule has 1 atom stereocenters. The van der Waals surface area contributed by atoms with Crippen LogP contribution in [0.25, 0.3) is 11.3 Å². The van der Waals surface area contributed by atoms with Crippen molar-refractivity contribution >= 4 is 17.5 Å². The van der Waals surface area contributed by atoms with Crippen molar-refractivity contribution < 1.29 is 13.2 Å². The summed E-state index contributed by atoms with van der Waals surface area (Å²) in [6.45, 7) is 3.97. The predicted molar refractivity (Wildman–Crippen MR) is 98.2 cm³/mol. The first-order valence-electron chi connectivity index (χ1n) is 8.44. The molecule has 2 N–H and O–H groups in total. The first kappa shape index (κ1) is 18.6. The van der Waals surface area contributed by atoms with Crippen molar-refractivity contribution in [3.05, 3.63) is 60.2 Å². The van der Waals surface area contributed by atoms with Crippen molar-refractivity contribution in [3.8, 4) is 11.3 Å². The van der Waals surface area contributed by atoms with Gasteiger partial charge in [0.1, 0.15) is 17.3 Å². The quantitative estimate of drug-likeness (QED) is 0.643. The fraction of sp³-hybridized carbons (Fsp3) is 0.211. The molecule has 1 aromatic carbocycles. The zero-order chi connectivity index (χ0) is 19.4. The van der Waals surface area contributed by atoms with Crippen molar-refractivity contribution in [2.45, 2.75) is 26.3 Å². The van der Waals surface area contributed by atoms with Crippen LogP contribution in [0.15, 0.2) is 42.7 Å². The number of nitrogens with zero attached hydrogens (tertiary/aromatic N) is 3. The van der Waals surface area contributed by atoms with Crippen LogP contribution in [0.1, 0.15) is 20.3 Å². The molecule has 0 unspecified atom stereocenters. The Balaban J connectivity index is 2.02. The van der Waals surface area contributed by atoms with Crippen LogP contribution in [0.4, 0.5) is 30.6 Å². The molecule has 5 nitrogen and oxygen atoms in total. The zero-order valence-corrected chi connectivity index (χ0v) is 14.8. The predicted octanol–water partition coefficient (Wildman–Crippen LogP) is 4.91. The zero-order valence-electron chi connectivity index (χ0n) is 14.8. The van der Waals surface area contributed by atoms with E-state index in [9.17, 15) is 13.2 Å². The number of anilines is 3. The van der Waals surface area contributed by atoms with E-state index in [1.54, 1.807) is 30.6 Å². The number of nitrogens with one attached hydrogen (secondary N) is 2. The number of hydrogen-bond donors (Lipinski definition) is 2. The minimum Gasteiger partial charge on any atom is -0.352 e. The van der Waals surface area contributed by atoms with Gasteiger partial charge in [-0.3, -0.25) is 4.98 Å². The molecule has 2 aromatic heterocycles. The van der Waals surface area contributed by atoms with Crippen molar-refractivity contribution in [1.29, 1.82) is 0 Å². The van der Waals surface area contributed by atoms with E-state index >= 15 is 0 Å². The molecule has 0 aliphatic rings. The molecule has 0 spiro atoms. The molecule has 0 radical (unpaired) electrons. The fourth-order valence-corrected chi connectivity index (χ4v) is 2.36. The average Bonchev–Trinajstić information content (AvgIpc) is 2.65. The van der Waals surface area contributed by atoms with Crippen LogP contribution in [0, 0.1) is 17.5 Å². The molecule has 0 amide bonds. The van der Waals surface area contributed by atoms with Crippen LogP contribution < -0.4 is 10.6 Å². The molecule has 0 aliphatic carbocycles. The third kappa shape index (κ3) is 4.52. The van der Waals surface area contributed by atoms with Gasteiger partial charge in [0.25, 0.3) is 0 Å². The van der Waals surface area contributed by atoms with Gasteiger partial charge in [-0.2, -0.15) is 4.98 Å². The van der Waals surface area contributed by atoms with Gasteiger partial charge in [-0.1, -0.05) is 6.92 Å². The maximum absolute atomic E-state index is 14.0. The number of aromatic nitrogens is 3. The maximum atomic E-state index is 14.0. The number of pyridine rings is 1. The Morgan fingerprint density at radius 2 is 1.67 bits per heavy atom. The maximum Gasteiger partial charge on any atom is 0.225 e. The van der Waals surface area contributed by atoms with Gasteiger partial charge in [0.2, 0.25) is 5.95 Å². The number of hydrogen-bond acceptors (Lipinski definition) is 5. The summed E-state index contributed by atoms with van der Waals surface area (Å²) < 4.78 is 41.1. The third-order valence-corrected chi connectivity index (χ3v) is 3.95. The van der Waals surface area contributed by atoms with Gasteiger partial charge < -0.3 is 10.6 Å². The molecule has 0 saturated heterocycles. The lowest BCUT2D eigenvalue weighted by Gasteiger charge is -2.15. The summed E-state index contributed by atoms with van der Waals surface area (Å²) in [4.78, 5) is 12.7. The average molecular weight is 373 g/mol. The van der Waals surface area contributed by atoms with E-state index in [1.807, 2.05) is 13.8 Å². The van der Waals surface area contributed by atoms with Crippen LogP contribution >= 0.6 is 0 Å². The highest BCUT2D eigenvalue weighted by Gasteiger charge is 2.14. The second-order valence-corrected chi connectivity index (χ2v) is 6.02. The molecule has 8 heteroatoms. The monoisotopic (exact) mass is 373 g/mol. The van der Waals surface area contributed by atoms with Crippen molar-refractivity contribution in [2.75, 3.05) is 10.6 Å². The second kappa shape index (κ2) is 8.03. The minimum atomic E-state index is -1.05. The molecule has 3 aromatic rings. The first-order chi connectivity index (χ1) is 13.0. The SMILES string of the molecule is CC[C@@H](C)Nc1nc(Nc2c(F)cc(F)cc2F)cc(-c2ccncc2)n1. The highest BCUT2D eigenvalue weighted by molar-refractivity contribution is 5.67. The number of benzene rings is 1. The van der Waals surface area contributed by atoms with Crippen LogP contribution in [0.3, 0.4) is 0 Å². The minimum absolute atomic E-state index is 0.102. The van der Waals surface area contributed by atoms with Crippen LogP contribution in [-0.2, 0) is 0 Å². The lowest BCUT2D eigenvalue weighted by atomic mass is 10.2. The van der Waals surface area contributed by atoms with E-state index in [0.29, 0.717) is 23.8 Å². The van der Waals surface area contributed by atoms with E-state index in [2.05, 4.69) is 25.6 Å². The van der Waals surface area contributed by atoms with E-state index in [1.165, 1.54) is 0 Å². The summed E-state index contributed by atoms with van der Waals surface area (Å²) in [5, 5.41) is 5.73. The Morgan fingerprint density at radius 3 is 2.30 bits per heavy atom. The summed E-state index contributed by atoms with van der Waals surface area (Å²) in [5.74, 6) is -2.60. The van der Waals surface area contributed by atoms with Gasteiger partial charge in [-0.05, 0) is 25.5 Å². The summed E-state index contributed by atoms with van der Waals surface area (Å²) in [6, 6.07) is 6.39. The van der Waals surface area contributed by atoms with Gasteiger partial charge in [0.15, 0.2) is 11.6 Å².